The monoisotopic (exact) mass is 561 g/mol. The van der Waals surface area contributed by atoms with Crippen LogP contribution in [0.25, 0.3) is 5.57 Å². The Bertz CT molecular complexity index is 1590. The molecule has 4 aromatic rings. The van der Waals surface area contributed by atoms with Gasteiger partial charge in [0.1, 0.15) is 4.38 Å². The predicted molar refractivity (Wildman–Crippen MR) is 172 cm³/mol. The highest BCUT2D eigenvalue weighted by Crippen LogP contribution is 2.35. The number of hydrogen-bond donors (Lipinski definition) is 2. The molecule has 0 saturated carbocycles. The molecule has 4 aromatic carbocycles. The summed E-state index contributed by atoms with van der Waals surface area (Å²) in [5.41, 5.74) is 7.69. The van der Waals surface area contributed by atoms with E-state index < -0.39 is 6.19 Å². The van der Waals surface area contributed by atoms with Crippen LogP contribution in [0.3, 0.4) is 0 Å². The fourth-order valence-electron chi connectivity index (χ4n) is 4.39. The van der Waals surface area contributed by atoms with Gasteiger partial charge in [0.2, 0.25) is 0 Å². The first kappa shape index (κ1) is 27.7. The maximum atomic E-state index is 13.0. The Morgan fingerprint density at radius 3 is 2.25 bits per heavy atom. The molecule has 5 nitrogen and oxygen atoms in total. The summed E-state index contributed by atoms with van der Waals surface area (Å²) in [5, 5.41) is 23.3. The maximum absolute atomic E-state index is 13.0. The molecule has 1 heterocycles. The Morgan fingerprint density at radius 1 is 0.900 bits per heavy atom. The number of fused-ring (bicyclic) bond motifs is 1. The largest absolute Gasteiger partial charge is 0.438 e. The molecule has 1 aliphatic heterocycles. The van der Waals surface area contributed by atoms with E-state index in [4.69, 9.17) is 0 Å². The van der Waals surface area contributed by atoms with Gasteiger partial charge in [-0.1, -0.05) is 114 Å². The Kier molecular flexibility index (Phi) is 9.01. The molecule has 1 amide bonds. The molecule has 5 rings (SSSR count). The fourth-order valence-corrected chi connectivity index (χ4v) is 6.27. The Hall–Kier alpha value is -3.85. The molecular weight excluding hydrogens is 533 g/mol. The van der Waals surface area contributed by atoms with Crippen molar-refractivity contribution in [2.75, 3.05) is 5.32 Å². The van der Waals surface area contributed by atoms with Crippen LogP contribution in [0.2, 0.25) is 0 Å². The lowest BCUT2D eigenvalue weighted by Gasteiger charge is -2.09. The highest BCUT2D eigenvalue weighted by molar-refractivity contribution is 8.50. The van der Waals surface area contributed by atoms with Crippen molar-refractivity contribution in [2.45, 2.75) is 19.6 Å². The van der Waals surface area contributed by atoms with Gasteiger partial charge in [-0.2, -0.15) is 0 Å². The molecule has 0 aromatic heterocycles. The third-order valence-electron chi connectivity index (χ3n) is 6.35. The topological polar surface area (TPSA) is 74.0 Å². The number of aryl methyl sites for hydroxylation is 2. The average Bonchev–Trinajstić information content (AvgIpc) is 3.29. The second-order valence-corrected chi connectivity index (χ2v) is 11.7. The second kappa shape index (κ2) is 13.0. The number of thioether (sulfide) groups is 1. The minimum Gasteiger partial charge on any atom is -0.438 e. The van der Waals surface area contributed by atoms with Gasteiger partial charge in [0.25, 0.3) is 5.91 Å². The zero-order valence-corrected chi connectivity index (χ0v) is 23.9. The van der Waals surface area contributed by atoms with Crippen molar-refractivity contribution >= 4 is 62.3 Å². The van der Waals surface area contributed by atoms with Crippen LogP contribution in [-0.2, 0) is 10.5 Å². The molecule has 0 atom stereocenters. The van der Waals surface area contributed by atoms with Crippen molar-refractivity contribution in [3.63, 3.8) is 0 Å². The quantitative estimate of drug-likeness (QED) is 0.0894. The molecular formula is C32H28BN3O2S2. The summed E-state index contributed by atoms with van der Waals surface area (Å²) in [6.45, 7) is 4.02. The van der Waals surface area contributed by atoms with E-state index in [9.17, 15) is 9.82 Å². The van der Waals surface area contributed by atoms with E-state index in [-0.39, 0.29) is 5.91 Å². The number of allylic oxidation sites excluding steroid dienone is 1. The standard InChI is InChI=1S/C32H28BN3O2S2/c1-22-18-23(2)30-27(19-22)28(31(37)34-30)20-29(25-14-8-4-9-15-25)35-36-32(39-21-24-12-6-3-7-13-24)40-33(38)26-16-10-5-11-17-26/h3-20,38H,21H2,1-2H3,(H,34,37)/b28-20-,35-29+,36-32-. The first-order valence-corrected chi connectivity index (χ1v) is 14.8. The van der Waals surface area contributed by atoms with Crippen LogP contribution in [0.1, 0.15) is 27.8 Å². The summed E-state index contributed by atoms with van der Waals surface area (Å²) >= 11 is 2.77. The number of hydrogen-bond acceptors (Lipinski definition) is 6. The minimum atomic E-state index is -0.796. The first-order valence-electron chi connectivity index (χ1n) is 12.9. The van der Waals surface area contributed by atoms with E-state index in [2.05, 4.69) is 33.7 Å². The van der Waals surface area contributed by atoms with Crippen molar-refractivity contribution in [3.05, 3.63) is 137 Å². The van der Waals surface area contributed by atoms with Crippen molar-refractivity contribution in [1.82, 2.24) is 0 Å². The molecule has 0 saturated heterocycles. The van der Waals surface area contributed by atoms with Gasteiger partial charge in [-0.05, 0) is 42.6 Å². The van der Waals surface area contributed by atoms with Crippen LogP contribution in [0, 0.1) is 13.8 Å². The van der Waals surface area contributed by atoms with E-state index >= 15 is 0 Å². The van der Waals surface area contributed by atoms with Gasteiger partial charge in [0.05, 0.1) is 17.0 Å². The van der Waals surface area contributed by atoms with Gasteiger partial charge in [-0.25, -0.2) is 0 Å². The van der Waals surface area contributed by atoms with E-state index in [1.54, 1.807) is 6.08 Å². The number of benzene rings is 4. The third kappa shape index (κ3) is 6.83. The van der Waals surface area contributed by atoms with Crippen LogP contribution >= 0.6 is 23.4 Å². The predicted octanol–water partition coefficient (Wildman–Crippen LogP) is 6.45. The molecule has 198 valence electrons. The maximum Gasteiger partial charge on any atom is 0.401 e. The van der Waals surface area contributed by atoms with Crippen LogP contribution < -0.4 is 10.8 Å². The molecule has 0 bridgehead atoms. The molecule has 40 heavy (non-hydrogen) atoms. The number of carbonyl (C=O) groups is 1. The van der Waals surface area contributed by atoms with E-state index in [1.807, 2.05) is 98.8 Å². The van der Waals surface area contributed by atoms with Crippen molar-refractivity contribution < 1.29 is 9.82 Å². The minimum absolute atomic E-state index is 0.163. The summed E-state index contributed by atoms with van der Waals surface area (Å²) in [5.74, 6) is 0.517. The van der Waals surface area contributed by atoms with Gasteiger partial charge in [-0.15, -0.1) is 21.8 Å². The van der Waals surface area contributed by atoms with Crippen LogP contribution in [0.5, 0.6) is 0 Å². The Morgan fingerprint density at radius 2 is 1.55 bits per heavy atom. The Balaban J connectivity index is 1.54. The molecule has 0 spiro atoms. The van der Waals surface area contributed by atoms with Crippen molar-refractivity contribution in [2.24, 2.45) is 10.2 Å². The molecule has 0 unspecified atom stereocenters. The van der Waals surface area contributed by atoms with E-state index in [0.29, 0.717) is 21.4 Å². The SMILES string of the molecule is Cc1cc(C)c2c(c1)/C(=C/C(=N\N=C(\SCc1ccccc1)SB(O)c1ccccc1)c1ccccc1)C(=O)N2. The zero-order valence-electron chi connectivity index (χ0n) is 22.2. The lowest BCUT2D eigenvalue weighted by Crippen LogP contribution is -2.27. The fraction of sp³-hybridized carbons (Fsp3) is 0.0938. The lowest BCUT2D eigenvalue weighted by atomic mass is 9.87. The summed E-state index contributed by atoms with van der Waals surface area (Å²) < 4.78 is 0.620. The van der Waals surface area contributed by atoms with Crippen molar-refractivity contribution in [1.29, 1.82) is 0 Å². The third-order valence-corrected chi connectivity index (χ3v) is 8.57. The summed E-state index contributed by atoms with van der Waals surface area (Å²) in [6, 6.07) is 33.4. The molecule has 0 aliphatic carbocycles. The van der Waals surface area contributed by atoms with Gasteiger partial charge in [-0.3, -0.25) is 4.79 Å². The van der Waals surface area contributed by atoms with Crippen LogP contribution in [0.4, 0.5) is 5.69 Å². The average molecular weight is 562 g/mol. The van der Waals surface area contributed by atoms with E-state index in [1.165, 1.54) is 23.4 Å². The number of carbonyl (C=O) groups excluding carboxylic acids is 1. The van der Waals surface area contributed by atoms with Gasteiger partial charge in [0, 0.05) is 16.9 Å². The molecule has 0 radical (unpaired) electrons. The number of rotatable bonds is 7. The van der Waals surface area contributed by atoms with Crippen molar-refractivity contribution in [3.8, 4) is 0 Å². The molecule has 8 heteroatoms. The summed E-state index contributed by atoms with van der Waals surface area (Å²) in [7, 11) is 0. The van der Waals surface area contributed by atoms with Gasteiger partial charge in [0.15, 0.2) is 0 Å². The van der Waals surface area contributed by atoms with E-state index in [0.717, 1.165) is 39.0 Å². The molecule has 0 fully saturated rings. The molecule has 1 aliphatic rings. The van der Waals surface area contributed by atoms with Crippen LogP contribution in [0.15, 0.2) is 119 Å². The van der Waals surface area contributed by atoms with Gasteiger partial charge >= 0.3 is 6.19 Å². The smallest absolute Gasteiger partial charge is 0.401 e. The second-order valence-electron chi connectivity index (χ2n) is 9.39. The van der Waals surface area contributed by atoms with Gasteiger partial charge < -0.3 is 10.3 Å². The normalized spacial score (nSPS) is 14.3. The highest BCUT2D eigenvalue weighted by Gasteiger charge is 2.26. The number of anilines is 1. The number of nitrogens with zero attached hydrogens (tertiary/aromatic N) is 2. The molecule has 2 N–H and O–H groups in total. The zero-order chi connectivity index (χ0) is 27.9. The lowest BCUT2D eigenvalue weighted by molar-refractivity contribution is -0.110. The highest BCUT2D eigenvalue weighted by atomic mass is 32.2. The summed E-state index contributed by atoms with van der Waals surface area (Å²) in [4.78, 5) is 13.0. The number of amides is 1. The summed E-state index contributed by atoms with van der Waals surface area (Å²) in [6.07, 6.45) is 1.01. The number of nitrogens with one attached hydrogen (secondary N) is 1. The Labute approximate surface area is 243 Å². The first-order chi connectivity index (χ1) is 19.5. The van der Waals surface area contributed by atoms with Crippen LogP contribution in [-0.4, -0.2) is 27.2 Å².